The Bertz CT molecular complexity index is 5170. The van der Waals surface area contributed by atoms with Gasteiger partial charge in [0.25, 0.3) is 0 Å². The molecule has 0 radical (unpaired) electrons. The standard InChI is InChI=1S/2C28H23F4NO3S.C27H23ClFNO3S/c29-14-17-15-33(16-17)11-12-36-22-8-3-18(4-9-22)25-23-10-7-21(34)13-24(23)37-27(25)26(35)19-1-5-20(6-2-19)28(30,31)32;29-14-17-15-33(16-17)11-12-36-20-8-5-18(6-9-20)25-22-10-7-19(34)13-24(22)37-27(25)26(35)21-3-1-2-4-23(21)28(30,31)32;28-20-5-1-19(2-6-20)26(32)27-25(23-10-7-21(31)13-24(23)34-27)18-3-8-22(9-4-18)33-12-11-30-15-17(14-29)16-30/h2*1-10,13,17,34H,11-12,14-16H2;1-10,13,17,31H,11-12,14-16H2. The van der Waals surface area contributed by atoms with E-state index in [1.54, 1.807) is 91.0 Å². The fourth-order valence-corrected chi connectivity index (χ4v) is 17.0. The Balaban J connectivity index is 0.000000143. The third-order valence-corrected chi connectivity index (χ3v) is 22.6. The van der Waals surface area contributed by atoms with Crippen LogP contribution in [0.25, 0.3) is 63.6 Å². The van der Waals surface area contributed by atoms with Gasteiger partial charge in [0.15, 0.2) is 0 Å². The molecule has 0 saturated carbocycles. The predicted octanol–water partition coefficient (Wildman–Crippen LogP) is 20.0. The lowest BCUT2D eigenvalue weighted by molar-refractivity contribution is -0.138. The van der Waals surface area contributed by atoms with Crippen molar-refractivity contribution in [2.45, 2.75) is 12.4 Å². The Morgan fingerprint density at radius 1 is 0.407 bits per heavy atom. The fraction of sp³-hybridized carbons (Fsp3) is 0.241. The lowest BCUT2D eigenvalue weighted by Gasteiger charge is -2.37. The monoisotopic (exact) mass is 1550 g/mol. The molecule has 3 aliphatic heterocycles. The van der Waals surface area contributed by atoms with Crippen LogP contribution in [-0.2, 0) is 12.4 Å². The molecule has 3 aliphatic rings. The van der Waals surface area contributed by atoms with Crippen LogP contribution in [-0.4, -0.2) is 146 Å². The van der Waals surface area contributed by atoms with Crippen LogP contribution in [0.3, 0.4) is 0 Å². The number of fused-ring (bicyclic) bond motifs is 3. The molecule has 9 aromatic carbocycles. The third-order valence-electron chi connectivity index (χ3n) is 18.9. The number of ether oxygens (including phenoxy) is 3. The van der Waals surface area contributed by atoms with Crippen LogP contribution in [0.4, 0.5) is 39.5 Å². The van der Waals surface area contributed by atoms with Gasteiger partial charge in [-0.25, -0.2) is 0 Å². The number of phenols is 3. The average Bonchev–Trinajstić information content (AvgIpc) is 1.72. The summed E-state index contributed by atoms with van der Waals surface area (Å²) in [7, 11) is 0. The smallest absolute Gasteiger partial charge is 0.417 e. The molecule has 558 valence electrons. The zero-order valence-electron chi connectivity index (χ0n) is 57.5. The number of alkyl halides is 9. The molecule has 12 nitrogen and oxygen atoms in total. The molecule has 3 fully saturated rings. The molecule has 15 rings (SSSR count). The first-order chi connectivity index (χ1) is 52.0. The molecule has 108 heavy (non-hydrogen) atoms. The number of carbonyl (C=O) groups is 3. The van der Waals surface area contributed by atoms with Crippen LogP contribution >= 0.6 is 45.6 Å². The Hall–Kier alpha value is -9.79. The molecule has 0 bridgehead atoms. The molecular formula is C83H69ClF9N3O9S3. The molecule has 0 atom stereocenters. The first kappa shape index (κ1) is 76.4. The minimum Gasteiger partial charge on any atom is -0.508 e. The normalized spacial score (nSPS) is 14.5. The molecule has 0 unspecified atom stereocenters. The minimum atomic E-state index is -4.68. The second-order valence-electron chi connectivity index (χ2n) is 26.5. The molecule has 3 aromatic heterocycles. The third kappa shape index (κ3) is 17.7. The lowest BCUT2D eigenvalue weighted by Crippen LogP contribution is -2.49. The van der Waals surface area contributed by atoms with Crippen molar-refractivity contribution < 1.29 is 83.4 Å². The van der Waals surface area contributed by atoms with Crippen LogP contribution in [0.2, 0.25) is 5.02 Å². The molecule has 6 heterocycles. The molecule has 3 N–H and O–H groups in total. The second kappa shape index (κ2) is 33.4. The molecule has 0 amide bonds. The van der Waals surface area contributed by atoms with Crippen LogP contribution < -0.4 is 14.2 Å². The van der Waals surface area contributed by atoms with Crippen molar-refractivity contribution in [2.75, 3.05) is 98.7 Å². The van der Waals surface area contributed by atoms with Crippen molar-refractivity contribution in [3.63, 3.8) is 0 Å². The minimum absolute atomic E-state index is 0.00113. The van der Waals surface area contributed by atoms with E-state index in [9.17, 15) is 69.2 Å². The van der Waals surface area contributed by atoms with E-state index in [4.69, 9.17) is 25.8 Å². The highest BCUT2D eigenvalue weighted by molar-refractivity contribution is 7.22. The highest BCUT2D eigenvalue weighted by atomic mass is 35.5. The zero-order chi connectivity index (χ0) is 76.0. The van der Waals surface area contributed by atoms with Gasteiger partial charge in [-0.1, -0.05) is 78.3 Å². The molecule has 0 aliphatic carbocycles. The Kier molecular flexibility index (Phi) is 23.6. The summed E-state index contributed by atoms with van der Waals surface area (Å²) < 4.78 is 137. The van der Waals surface area contributed by atoms with Crippen molar-refractivity contribution in [1.29, 1.82) is 0 Å². The summed E-state index contributed by atoms with van der Waals surface area (Å²) in [5.74, 6) is 1.41. The summed E-state index contributed by atoms with van der Waals surface area (Å²) in [5, 5.41) is 32.8. The van der Waals surface area contributed by atoms with E-state index in [1.165, 1.54) is 71.2 Å². The summed E-state index contributed by atoms with van der Waals surface area (Å²) in [4.78, 5) is 47.9. The van der Waals surface area contributed by atoms with Crippen LogP contribution in [0.1, 0.15) is 56.8 Å². The van der Waals surface area contributed by atoms with Crippen molar-refractivity contribution in [3.05, 3.63) is 248 Å². The van der Waals surface area contributed by atoms with Crippen molar-refractivity contribution in [2.24, 2.45) is 17.8 Å². The number of rotatable bonds is 24. The number of benzene rings is 9. The number of aromatic hydroxyl groups is 3. The van der Waals surface area contributed by atoms with Gasteiger partial charge in [0, 0.05) is 145 Å². The number of carbonyl (C=O) groups excluding carboxylic acids is 3. The SMILES string of the molecule is O=C(c1ccc(C(F)(F)F)cc1)c1sc2cc(O)ccc2c1-c1ccc(OCCN2CC(CF)C2)cc1.O=C(c1ccc(Cl)cc1)c1sc2cc(O)ccc2c1-c1ccc(OCCN2CC(CF)C2)cc1.O=C(c1ccccc1C(F)(F)F)c1sc2cc(O)ccc2c1-c1ccc(OCCN2CC(CF)C2)cc1. The van der Waals surface area contributed by atoms with E-state index < -0.39 is 40.6 Å². The van der Waals surface area contributed by atoms with Gasteiger partial charge in [0.05, 0.1) is 45.8 Å². The van der Waals surface area contributed by atoms with Gasteiger partial charge in [-0.15, -0.1) is 34.0 Å². The molecule has 0 spiro atoms. The van der Waals surface area contributed by atoms with E-state index in [1.807, 2.05) is 42.5 Å². The van der Waals surface area contributed by atoms with Gasteiger partial charge in [-0.3, -0.25) is 42.3 Å². The largest absolute Gasteiger partial charge is 0.508 e. The number of ketones is 3. The topological polar surface area (TPSA) is 149 Å². The van der Waals surface area contributed by atoms with Crippen LogP contribution in [0.5, 0.6) is 34.5 Å². The Labute approximate surface area is 632 Å². The van der Waals surface area contributed by atoms with Gasteiger partial charge in [0.2, 0.25) is 17.3 Å². The zero-order valence-corrected chi connectivity index (χ0v) is 60.7. The summed E-state index contributed by atoms with van der Waals surface area (Å²) in [6, 6.07) is 52.4. The van der Waals surface area contributed by atoms with Gasteiger partial charge < -0.3 is 29.5 Å². The Morgan fingerprint density at radius 2 is 0.731 bits per heavy atom. The number of phenolic OH excluding ortho intramolecular Hbond substituents is 3. The van der Waals surface area contributed by atoms with Gasteiger partial charge >= 0.3 is 12.4 Å². The number of hydrogen-bond acceptors (Lipinski definition) is 15. The maximum Gasteiger partial charge on any atom is 0.417 e. The van der Waals surface area contributed by atoms with Crippen molar-refractivity contribution in [3.8, 4) is 67.9 Å². The number of nitrogens with zero attached hydrogens (tertiary/aromatic N) is 3. The summed E-state index contributed by atoms with van der Waals surface area (Å²) >= 11 is 9.59. The van der Waals surface area contributed by atoms with E-state index in [2.05, 4.69) is 14.7 Å². The highest BCUT2D eigenvalue weighted by Crippen LogP contribution is 2.46. The predicted molar refractivity (Wildman–Crippen MR) is 406 cm³/mol. The average molecular weight is 1560 g/mol. The van der Waals surface area contributed by atoms with Crippen LogP contribution in [0, 0.1) is 17.8 Å². The summed E-state index contributed by atoms with van der Waals surface area (Å²) in [5.41, 5.74) is 2.74. The number of hydrogen-bond donors (Lipinski definition) is 3. The van der Waals surface area contributed by atoms with Gasteiger partial charge in [-0.2, -0.15) is 26.3 Å². The summed E-state index contributed by atoms with van der Waals surface area (Å²) in [6.07, 6.45) is -9.17. The Morgan fingerprint density at radius 3 is 1.06 bits per heavy atom. The number of thiophene rings is 3. The molecule has 3 saturated heterocycles. The van der Waals surface area contributed by atoms with E-state index in [0.29, 0.717) is 96.2 Å². The first-order valence-electron chi connectivity index (χ1n) is 34.5. The van der Waals surface area contributed by atoms with Crippen LogP contribution in [0.15, 0.2) is 200 Å². The first-order valence-corrected chi connectivity index (χ1v) is 37.4. The highest BCUT2D eigenvalue weighted by Gasteiger charge is 2.37. The molecule has 25 heteroatoms. The van der Waals surface area contributed by atoms with E-state index >= 15 is 0 Å². The quantitative estimate of drug-likeness (QED) is 0.0390. The fourth-order valence-electron chi connectivity index (χ4n) is 13.2. The maximum atomic E-state index is 13.6. The number of halogens is 10. The lowest BCUT2D eigenvalue weighted by atomic mass is 9.96. The maximum absolute atomic E-state index is 13.6. The van der Waals surface area contributed by atoms with Crippen molar-refractivity contribution in [1.82, 2.24) is 14.7 Å². The van der Waals surface area contributed by atoms with Crippen molar-refractivity contribution >= 4 is 93.2 Å². The van der Waals surface area contributed by atoms with Gasteiger partial charge in [-0.05, 0) is 150 Å². The second-order valence-corrected chi connectivity index (χ2v) is 30.1. The van der Waals surface area contributed by atoms with E-state index in [-0.39, 0.29) is 71.2 Å². The van der Waals surface area contributed by atoms with Gasteiger partial charge in [0.1, 0.15) is 54.3 Å². The molecular weight excluding hydrogens is 1490 g/mol. The van der Waals surface area contributed by atoms with E-state index in [0.717, 1.165) is 113 Å². The summed E-state index contributed by atoms with van der Waals surface area (Å²) in [6.45, 7) is 7.32. The molecule has 12 aromatic rings. The number of likely N-dealkylation sites (tertiary alicyclic amines) is 3.